The van der Waals surface area contributed by atoms with Crippen LogP contribution < -0.4 is 5.43 Å². The van der Waals surface area contributed by atoms with Crippen molar-refractivity contribution in [3.8, 4) is 0 Å². The average molecular weight is 200 g/mol. The van der Waals surface area contributed by atoms with Gasteiger partial charge in [-0.15, -0.1) is 0 Å². The number of morpholine rings is 1. The zero-order chi connectivity index (χ0) is 9.97. The molecule has 2 fully saturated rings. The van der Waals surface area contributed by atoms with Crippen LogP contribution in [0.15, 0.2) is 0 Å². The van der Waals surface area contributed by atoms with Gasteiger partial charge in [0.2, 0.25) is 0 Å². The number of carboxylic acid groups (broad SMARTS) is 1. The van der Waals surface area contributed by atoms with Crippen LogP contribution in [-0.2, 0) is 9.53 Å². The topological polar surface area (TPSA) is 61.8 Å². The third kappa shape index (κ3) is 2.05. The highest BCUT2D eigenvalue weighted by atomic mass is 16.5. The van der Waals surface area contributed by atoms with Crippen LogP contribution in [0.3, 0.4) is 0 Å². The predicted octanol–water partition coefficient (Wildman–Crippen LogP) is -0.314. The molecule has 1 saturated heterocycles. The SMILES string of the molecule is O=C(O)C1CCC1NN1CCOCC1. The van der Waals surface area contributed by atoms with Crippen molar-refractivity contribution in [1.82, 2.24) is 10.4 Å². The lowest BCUT2D eigenvalue weighted by Gasteiger charge is -2.39. The third-order valence-corrected chi connectivity index (χ3v) is 2.95. The maximum absolute atomic E-state index is 10.8. The first-order valence-electron chi connectivity index (χ1n) is 5.09. The Hall–Kier alpha value is -0.650. The highest BCUT2D eigenvalue weighted by Crippen LogP contribution is 2.27. The molecule has 0 aromatic heterocycles. The molecule has 2 atom stereocenters. The molecule has 2 aliphatic rings. The highest BCUT2D eigenvalue weighted by Gasteiger charge is 2.37. The van der Waals surface area contributed by atoms with Gasteiger partial charge in [0.25, 0.3) is 0 Å². The Morgan fingerprint density at radius 2 is 2.07 bits per heavy atom. The van der Waals surface area contributed by atoms with Crippen molar-refractivity contribution < 1.29 is 14.6 Å². The summed E-state index contributed by atoms with van der Waals surface area (Å²) in [7, 11) is 0. The minimum atomic E-state index is -0.679. The second-order valence-electron chi connectivity index (χ2n) is 3.86. The molecular formula is C9H16N2O3. The number of rotatable bonds is 3. The molecule has 80 valence electrons. The summed E-state index contributed by atoms with van der Waals surface area (Å²) >= 11 is 0. The Morgan fingerprint density at radius 1 is 1.36 bits per heavy atom. The van der Waals surface area contributed by atoms with Gasteiger partial charge in [0.1, 0.15) is 0 Å². The number of nitrogens with zero attached hydrogens (tertiary/aromatic N) is 1. The molecule has 5 nitrogen and oxygen atoms in total. The minimum Gasteiger partial charge on any atom is -0.481 e. The lowest BCUT2D eigenvalue weighted by molar-refractivity contribution is -0.147. The molecule has 1 saturated carbocycles. The van der Waals surface area contributed by atoms with E-state index in [4.69, 9.17) is 9.84 Å². The summed E-state index contributed by atoms with van der Waals surface area (Å²) in [6, 6.07) is 0.130. The third-order valence-electron chi connectivity index (χ3n) is 2.95. The molecule has 1 heterocycles. The van der Waals surface area contributed by atoms with Gasteiger partial charge in [-0.3, -0.25) is 10.2 Å². The summed E-state index contributed by atoms with van der Waals surface area (Å²) in [6.07, 6.45) is 1.77. The number of hydrogen-bond donors (Lipinski definition) is 2. The molecule has 0 radical (unpaired) electrons. The van der Waals surface area contributed by atoms with E-state index in [1.165, 1.54) is 0 Å². The van der Waals surface area contributed by atoms with E-state index in [9.17, 15) is 4.79 Å². The molecule has 2 rings (SSSR count). The van der Waals surface area contributed by atoms with E-state index in [0.29, 0.717) is 0 Å². The zero-order valence-corrected chi connectivity index (χ0v) is 8.11. The van der Waals surface area contributed by atoms with Crippen LogP contribution in [0.25, 0.3) is 0 Å². The number of nitrogens with one attached hydrogen (secondary N) is 1. The average Bonchev–Trinajstić information content (AvgIpc) is 2.13. The molecule has 5 heteroatoms. The van der Waals surface area contributed by atoms with Gasteiger partial charge in [-0.1, -0.05) is 0 Å². The van der Waals surface area contributed by atoms with Crippen molar-refractivity contribution in [3.63, 3.8) is 0 Å². The molecule has 2 N–H and O–H groups in total. The molecular weight excluding hydrogens is 184 g/mol. The van der Waals surface area contributed by atoms with Gasteiger partial charge in [0.15, 0.2) is 0 Å². The predicted molar refractivity (Wildman–Crippen MR) is 49.7 cm³/mol. The Kier molecular flexibility index (Phi) is 3.00. The standard InChI is InChI=1S/C9H16N2O3/c12-9(13)7-1-2-8(7)10-11-3-5-14-6-4-11/h7-8,10H,1-6H2,(H,12,13). The first-order chi connectivity index (χ1) is 6.77. The Balaban J connectivity index is 1.76. The second kappa shape index (κ2) is 4.25. The molecule has 2 unspecified atom stereocenters. The van der Waals surface area contributed by atoms with Crippen LogP contribution in [0.4, 0.5) is 0 Å². The van der Waals surface area contributed by atoms with Crippen LogP contribution in [-0.4, -0.2) is 48.4 Å². The van der Waals surface area contributed by atoms with Crippen LogP contribution in [0.5, 0.6) is 0 Å². The summed E-state index contributed by atoms with van der Waals surface area (Å²) < 4.78 is 5.21. The van der Waals surface area contributed by atoms with E-state index in [2.05, 4.69) is 10.4 Å². The fraction of sp³-hybridized carbons (Fsp3) is 0.889. The number of aliphatic carboxylic acids is 1. The highest BCUT2D eigenvalue weighted by molar-refractivity contribution is 5.72. The van der Waals surface area contributed by atoms with Crippen LogP contribution in [0.1, 0.15) is 12.8 Å². The van der Waals surface area contributed by atoms with Gasteiger partial charge < -0.3 is 9.84 Å². The first-order valence-corrected chi connectivity index (χ1v) is 5.09. The van der Waals surface area contributed by atoms with Gasteiger partial charge >= 0.3 is 5.97 Å². The van der Waals surface area contributed by atoms with E-state index in [1.807, 2.05) is 0 Å². The Labute approximate surface area is 83.0 Å². The van der Waals surface area contributed by atoms with Crippen molar-refractivity contribution >= 4 is 5.97 Å². The summed E-state index contributed by atoms with van der Waals surface area (Å²) in [5.41, 5.74) is 3.26. The monoisotopic (exact) mass is 200 g/mol. The molecule has 0 aromatic carbocycles. The van der Waals surface area contributed by atoms with E-state index in [0.717, 1.165) is 39.1 Å². The first kappa shape index (κ1) is 9.89. The van der Waals surface area contributed by atoms with Crippen molar-refractivity contribution in [2.75, 3.05) is 26.3 Å². The fourth-order valence-corrected chi connectivity index (χ4v) is 1.88. The summed E-state index contributed by atoms with van der Waals surface area (Å²) in [4.78, 5) is 10.8. The Bertz CT molecular complexity index is 216. The maximum Gasteiger partial charge on any atom is 0.308 e. The smallest absolute Gasteiger partial charge is 0.308 e. The lowest BCUT2D eigenvalue weighted by atomic mass is 9.80. The summed E-state index contributed by atoms with van der Waals surface area (Å²) in [6.45, 7) is 3.17. The molecule has 1 aliphatic carbocycles. The largest absolute Gasteiger partial charge is 0.481 e. The van der Waals surface area contributed by atoms with Gasteiger partial charge in [-0.25, -0.2) is 5.01 Å². The zero-order valence-electron chi connectivity index (χ0n) is 8.11. The minimum absolute atomic E-state index is 0.130. The molecule has 1 aliphatic heterocycles. The lowest BCUT2D eigenvalue weighted by Crippen LogP contribution is -2.57. The number of hydrogen-bond acceptors (Lipinski definition) is 4. The van der Waals surface area contributed by atoms with Gasteiger partial charge in [-0.05, 0) is 12.8 Å². The normalized spacial score (nSPS) is 33.7. The molecule has 0 spiro atoms. The molecule has 0 amide bonds. The number of ether oxygens (including phenoxy) is 1. The van der Waals surface area contributed by atoms with E-state index < -0.39 is 5.97 Å². The summed E-state index contributed by atoms with van der Waals surface area (Å²) in [5.74, 6) is -0.875. The van der Waals surface area contributed by atoms with Crippen molar-refractivity contribution in [1.29, 1.82) is 0 Å². The van der Waals surface area contributed by atoms with Crippen molar-refractivity contribution in [2.45, 2.75) is 18.9 Å². The Morgan fingerprint density at radius 3 is 2.57 bits per heavy atom. The van der Waals surface area contributed by atoms with E-state index in [-0.39, 0.29) is 12.0 Å². The van der Waals surface area contributed by atoms with Crippen LogP contribution in [0.2, 0.25) is 0 Å². The molecule has 0 bridgehead atoms. The van der Waals surface area contributed by atoms with Crippen molar-refractivity contribution in [2.24, 2.45) is 5.92 Å². The van der Waals surface area contributed by atoms with Gasteiger partial charge in [0.05, 0.1) is 19.1 Å². The fourth-order valence-electron chi connectivity index (χ4n) is 1.88. The number of hydrazine groups is 1. The number of carbonyl (C=O) groups is 1. The number of carboxylic acids is 1. The van der Waals surface area contributed by atoms with E-state index in [1.54, 1.807) is 0 Å². The van der Waals surface area contributed by atoms with Crippen LogP contribution >= 0.6 is 0 Å². The quantitative estimate of drug-likeness (QED) is 0.654. The summed E-state index contributed by atoms with van der Waals surface area (Å²) in [5, 5.41) is 10.9. The van der Waals surface area contributed by atoms with Gasteiger partial charge in [0, 0.05) is 19.1 Å². The van der Waals surface area contributed by atoms with Gasteiger partial charge in [-0.2, -0.15) is 0 Å². The molecule has 14 heavy (non-hydrogen) atoms. The van der Waals surface area contributed by atoms with E-state index >= 15 is 0 Å². The second-order valence-corrected chi connectivity index (χ2v) is 3.86. The molecule has 0 aromatic rings. The van der Waals surface area contributed by atoms with Crippen LogP contribution in [0, 0.1) is 5.92 Å². The maximum atomic E-state index is 10.8. The van der Waals surface area contributed by atoms with Crippen molar-refractivity contribution in [3.05, 3.63) is 0 Å².